The molecule has 3 aromatic rings. The molecule has 3 N–H and O–H groups in total. The van der Waals surface area contributed by atoms with Gasteiger partial charge in [-0.05, 0) is 44.2 Å². The fourth-order valence-corrected chi connectivity index (χ4v) is 4.54. The predicted octanol–water partition coefficient (Wildman–Crippen LogP) is 3.12. The standard InChI is InChI=1S/C24H28N2O6/c1-5-31-22(28)18-12-14-8-6-7-9-17(14)26(18)20-16-13-15(25)10-11-19(16)32-24(2,21(20)27)23(29-3)30-4/h6-13,20-21,23,27H,5,25H2,1-4H3/t20-,21+,24-/m0/s1. The maximum Gasteiger partial charge on any atom is 0.354 e. The van der Waals surface area contributed by atoms with Crippen molar-refractivity contribution in [3.8, 4) is 5.75 Å². The van der Waals surface area contributed by atoms with Gasteiger partial charge in [-0.3, -0.25) is 0 Å². The second kappa shape index (κ2) is 8.46. The van der Waals surface area contributed by atoms with Gasteiger partial charge in [0, 0.05) is 36.4 Å². The van der Waals surface area contributed by atoms with Crippen LogP contribution in [-0.2, 0) is 14.2 Å². The van der Waals surface area contributed by atoms with E-state index in [0.29, 0.717) is 22.7 Å². The first kappa shape index (κ1) is 22.1. The molecule has 0 bridgehead atoms. The van der Waals surface area contributed by atoms with Crippen molar-refractivity contribution in [2.45, 2.75) is 37.9 Å². The summed E-state index contributed by atoms with van der Waals surface area (Å²) in [6, 6.07) is 13.8. The zero-order valence-corrected chi connectivity index (χ0v) is 18.6. The Kier molecular flexibility index (Phi) is 5.85. The molecule has 0 amide bonds. The Bertz CT molecular complexity index is 1140. The molecule has 0 aliphatic carbocycles. The molecule has 0 saturated heterocycles. The Labute approximate surface area is 186 Å². The third-order valence-electron chi connectivity index (χ3n) is 5.98. The van der Waals surface area contributed by atoms with Crippen LogP contribution in [-0.4, -0.2) is 54.5 Å². The van der Waals surface area contributed by atoms with E-state index in [1.807, 2.05) is 24.3 Å². The number of anilines is 1. The molecule has 3 atom stereocenters. The summed E-state index contributed by atoms with van der Waals surface area (Å²) in [5.74, 6) is 0.0354. The first-order valence-electron chi connectivity index (χ1n) is 10.4. The highest BCUT2D eigenvalue weighted by molar-refractivity contribution is 5.96. The molecular weight excluding hydrogens is 412 g/mol. The summed E-state index contributed by atoms with van der Waals surface area (Å²) in [6.07, 6.45) is -2.04. The number of carbonyl (C=O) groups excluding carboxylic acids is 1. The van der Waals surface area contributed by atoms with E-state index in [2.05, 4.69) is 0 Å². The molecule has 1 aliphatic rings. The second-order valence-electron chi connectivity index (χ2n) is 7.96. The van der Waals surface area contributed by atoms with E-state index in [0.717, 1.165) is 10.9 Å². The van der Waals surface area contributed by atoms with E-state index in [1.54, 1.807) is 42.7 Å². The third-order valence-corrected chi connectivity index (χ3v) is 5.98. The van der Waals surface area contributed by atoms with Crippen LogP contribution in [0.3, 0.4) is 0 Å². The Hall–Kier alpha value is -3.07. The van der Waals surface area contributed by atoms with Crippen LogP contribution < -0.4 is 10.5 Å². The van der Waals surface area contributed by atoms with Crippen LogP contribution in [0.4, 0.5) is 5.69 Å². The normalized spacial score (nSPS) is 22.6. The van der Waals surface area contributed by atoms with E-state index in [-0.39, 0.29) is 6.61 Å². The van der Waals surface area contributed by atoms with Gasteiger partial charge in [0.1, 0.15) is 17.5 Å². The Balaban J connectivity index is 2.01. The quantitative estimate of drug-likeness (QED) is 0.345. The predicted molar refractivity (Wildman–Crippen MR) is 120 cm³/mol. The molecule has 8 heteroatoms. The largest absolute Gasteiger partial charge is 0.479 e. The Morgan fingerprint density at radius 1 is 1.22 bits per heavy atom. The second-order valence-corrected chi connectivity index (χ2v) is 7.96. The number of aliphatic hydroxyl groups excluding tert-OH is 1. The smallest absolute Gasteiger partial charge is 0.354 e. The number of esters is 1. The summed E-state index contributed by atoms with van der Waals surface area (Å²) in [4.78, 5) is 12.9. The molecule has 32 heavy (non-hydrogen) atoms. The molecule has 1 aliphatic heterocycles. The van der Waals surface area contributed by atoms with Crippen molar-refractivity contribution in [1.29, 1.82) is 0 Å². The lowest BCUT2D eigenvalue weighted by molar-refractivity contribution is -0.238. The summed E-state index contributed by atoms with van der Waals surface area (Å²) < 4.78 is 24.3. The van der Waals surface area contributed by atoms with Gasteiger partial charge in [0.05, 0.1) is 12.6 Å². The van der Waals surface area contributed by atoms with Gasteiger partial charge in [0.15, 0.2) is 11.9 Å². The number of rotatable bonds is 6. The van der Waals surface area contributed by atoms with Crippen LogP contribution in [0.5, 0.6) is 5.75 Å². The first-order chi connectivity index (χ1) is 15.3. The number of carbonyl (C=O) groups is 1. The number of aromatic nitrogens is 1. The lowest BCUT2D eigenvalue weighted by atomic mass is 9.84. The molecule has 0 fully saturated rings. The number of fused-ring (bicyclic) bond motifs is 2. The van der Waals surface area contributed by atoms with Gasteiger partial charge >= 0.3 is 5.97 Å². The molecule has 2 heterocycles. The van der Waals surface area contributed by atoms with Crippen molar-refractivity contribution in [3.63, 3.8) is 0 Å². The van der Waals surface area contributed by atoms with E-state index in [1.165, 1.54) is 14.2 Å². The van der Waals surface area contributed by atoms with Gasteiger partial charge in [-0.2, -0.15) is 0 Å². The molecule has 0 unspecified atom stereocenters. The van der Waals surface area contributed by atoms with E-state index in [9.17, 15) is 9.90 Å². The highest BCUT2D eigenvalue weighted by atomic mass is 16.7. The van der Waals surface area contributed by atoms with E-state index >= 15 is 0 Å². The summed E-state index contributed by atoms with van der Waals surface area (Å²) in [5.41, 5.74) is 7.06. The number of ether oxygens (including phenoxy) is 4. The van der Waals surface area contributed by atoms with Gasteiger partial charge in [-0.1, -0.05) is 18.2 Å². The van der Waals surface area contributed by atoms with Crippen LogP contribution >= 0.6 is 0 Å². The average Bonchev–Trinajstić information content (AvgIpc) is 3.16. The zero-order chi connectivity index (χ0) is 23.0. The number of hydrogen-bond donors (Lipinski definition) is 2. The molecule has 2 aromatic carbocycles. The van der Waals surface area contributed by atoms with Gasteiger partial charge in [0.2, 0.25) is 0 Å². The van der Waals surface area contributed by atoms with Crippen LogP contribution in [0.1, 0.15) is 35.9 Å². The maximum absolute atomic E-state index is 12.9. The summed E-state index contributed by atoms with van der Waals surface area (Å²) in [5, 5.41) is 12.6. The molecule has 170 valence electrons. The Morgan fingerprint density at radius 3 is 2.62 bits per heavy atom. The number of nitrogens with two attached hydrogens (primary N) is 1. The molecule has 1 aromatic heterocycles. The molecule has 0 spiro atoms. The monoisotopic (exact) mass is 440 g/mol. The number of aliphatic hydroxyl groups is 1. The topological polar surface area (TPSA) is 105 Å². The fraction of sp³-hybridized carbons (Fsp3) is 0.375. The van der Waals surface area contributed by atoms with Gasteiger partial charge in [-0.25, -0.2) is 4.79 Å². The van der Waals surface area contributed by atoms with Crippen LogP contribution in [0.25, 0.3) is 10.9 Å². The average molecular weight is 440 g/mol. The molecular formula is C24H28N2O6. The van der Waals surface area contributed by atoms with Gasteiger partial charge < -0.3 is 34.4 Å². The van der Waals surface area contributed by atoms with E-state index in [4.69, 9.17) is 24.7 Å². The molecule has 0 radical (unpaired) electrons. The number of nitrogens with zero attached hydrogens (tertiary/aromatic N) is 1. The lowest BCUT2D eigenvalue weighted by Crippen LogP contribution is -2.60. The minimum absolute atomic E-state index is 0.230. The van der Waals surface area contributed by atoms with Crippen molar-refractivity contribution in [1.82, 2.24) is 4.57 Å². The first-order valence-corrected chi connectivity index (χ1v) is 10.4. The van der Waals surface area contributed by atoms with Crippen LogP contribution in [0.2, 0.25) is 0 Å². The van der Waals surface area contributed by atoms with Gasteiger partial charge in [0.25, 0.3) is 0 Å². The van der Waals surface area contributed by atoms with Crippen molar-refractivity contribution >= 4 is 22.6 Å². The van der Waals surface area contributed by atoms with Gasteiger partial charge in [-0.15, -0.1) is 0 Å². The third kappa shape index (κ3) is 3.40. The SMILES string of the molecule is CCOC(=O)c1cc2ccccc2n1[C@H]1c2cc(N)ccc2O[C@](C)(C(OC)OC)[C@@H]1O. The number of para-hydroxylation sites is 1. The minimum atomic E-state index is -1.28. The minimum Gasteiger partial charge on any atom is -0.479 e. The molecule has 0 saturated carbocycles. The van der Waals surface area contributed by atoms with Crippen molar-refractivity contribution in [2.75, 3.05) is 26.6 Å². The number of methoxy groups -OCH3 is 2. The number of benzene rings is 2. The zero-order valence-electron chi connectivity index (χ0n) is 18.6. The fourth-order valence-electron chi connectivity index (χ4n) is 4.54. The number of hydrogen-bond acceptors (Lipinski definition) is 7. The highest BCUT2D eigenvalue weighted by Gasteiger charge is 2.53. The summed E-state index contributed by atoms with van der Waals surface area (Å²) in [6.45, 7) is 3.70. The summed E-state index contributed by atoms with van der Waals surface area (Å²) >= 11 is 0. The lowest BCUT2D eigenvalue weighted by Gasteiger charge is -2.47. The Morgan fingerprint density at radius 2 is 1.94 bits per heavy atom. The maximum atomic E-state index is 12.9. The van der Waals surface area contributed by atoms with Crippen molar-refractivity contribution in [2.24, 2.45) is 0 Å². The van der Waals surface area contributed by atoms with Crippen molar-refractivity contribution in [3.05, 3.63) is 59.8 Å². The number of nitrogen functional groups attached to an aromatic ring is 1. The molecule has 4 rings (SSSR count). The van der Waals surface area contributed by atoms with Crippen LogP contribution in [0, 0.1) is 0 Å². The molecule has 8 nitrogen and oxygen atoms in total. The highest BCUT2D eigenvalue weighted by Crippen LogP contribution is 2.46. The summed E-state index contributed by atoms with van der Waals surface area (Å²) in [7, 11) is 2.97. The van der Waals surface area contributed by atoms with E-state index < -0.39 is 30.0 Å². The van der Waals surface area contributed by atoms with Crippen LogP contribution in [0.15, 0.2) is 48.5 Å². The van der Waals surface area contributed by atoms with Crippen molar-refractivity contribution < 1.29 is 28.8 Å².